The molecule has 110 valence electrons. The van der Waals surface area contributed by atoms with Crippen LogP contribution in [0.3, 0.4) is 0 Å². The standard InChI is InChI=1S/C16H12N2O3S/c1-10-6-7-22-14(10)8-11(9-17)15(19)18-13-5-3-2-4-12(13)16(20)21/h2-8H,1H3,(H,18,19)(H,20,21)/b11-8+. The lowest BCUT2D eigenvalue weighted by Crippen LogP contribution is -2.16. The van der Waals surface area contributed by atoms with Crippen LogP contribution in [-0.4, -0.2) is 17.0 Å². The van der Waals surface area contributed by atoms with Gasteiger partial charge in [0, 0.05) is 4.88 Å². The highest BCUT2D eigenvalue weighted by Gasteiger charge is 2.15. The van der Waals surface area contributed by atoms with E-state index in [4.69, 9.17) is 10.4 Å². The molecule has 0 unspecified atom stereocenters. The van der Waals surface area contributed by atoms with Crippen LogP contribution in [0.1, 0.15) is 20.8 Å². The van der Waals surface area contributed by atoms with E-state index in [2.05, 4.69) is 5.32 Å². The molecule has 2 rings (SSSR count). The van der Waals surface area contributed by atoms with Crippen molar-refractivity contribution in [3.8, 4) is 6.07 Å². The maximum atomic E-state index is 12.2. The Balaban J connectivity index is 2.29. The first-order chi connectivity index (χ1) is 10.5. The molecule has 0 aliphatic rings. The fourth-order valence-electron chi connectivity index (χ4n) is 1.78. The van der Waals surface area contributed by atoms with Gasteiger partial charge in [-0.3, -0.25) is 4.79 Å². The Morgan fingerprint density at radius 2 is 2.05 bits per heavy atom. The minimum atomic E-state index is -1.15. The number of thiophene rings is 1. The van der Waals surface area contributed by atoms with Crippen LogP contribution in [0, 0.1) is 18.3 Å². The summed E-state index contributed by atoms with van der Waals surface area (Å²) in [4.78, 5) is 24.1. The second-order valence-corrected chi connectivity index (χ2v) is 5.39. The number of anilines is 1. The minimum Gasteiger partial charge on any atom is -0.478 e. The van der Waals surface area contributed by atoms with E-state index >= 15 is 0 Å². The highest BCUT2D eigenvalue weighted by Crippen LogP contribution is 2.20. The number of benzene rings is 1. The quantitative estimate of drug-likeness (QED) is 0.669. The number of aromatic carboxylic acids is 1. The van der Waals surface area contributed by atoms with Crippen molar-refractivity contribution < 1.29 is 14.7 Å². The van der Waals surface area contributed by atoms with Gasteiger partial charge in [0.05, 0.1) is 11.3 Å². The zero-order chi connectivity index (χ0) is 16.1. The summed E-state index contributed by atoms with van der Waals surface area (Å²) in [5.74, 6) is -1.78. The Hall–Kier alpha value is -2.91. The van der Waals surface area contributed by atoms with Gasteiger partial charge in [-0.1, -0.05) is 12.1 Å². The molecule has 0 fully saturated rings. The normalized spacial score (nSPS) is 10.8. The van der Waals surface area contributed by atoms with Crippen molar-refractivity contribution in [3.63, 3.8) is 0 Å². The molecule has 5 nitrogen and oxygen atoms in total. The van der Waals surface area contributed by atoms with Crippen molar-refractivity contribution in [2.24, 2.45) is 0 Å². The predicted octanol–water partition coefficient (Wildman–Crippen LogP) is 3.30. The molecule has 0 saturated heterocycles. The lowest BCUT2D eigenvalue weighted by Gasteiger charge is -2.07. The van der Waals surface area contributed by atoms with E-state index < -0.39 is 11.9 Å². The van der Waals surface area contributed by atoms with Crippen LogP contribution in [0.2, 0.25) is 0 Å². The van der Waals surface area contributed by atoms with Gasteiger partial charge in [0.2, 0.25) is 0 Å². The highest BCUT2D eigenvalue weighted by molar-refractivity contribution is 7.11. The SMILES string of the molecule is Cc1ccsc1/C=C(\C#N)C(=O)Nc1ccccc1C(=O)O. The molecule has 0 saturated carbocycles. The zero-order valence-corrected chi connectivity index (χ0v) is 12.5. The molecule has 1 heterocycles. The highest BCUT2D eigenvalue weighted by atomic mass is 32.1. The van der Waals surface area contributed by atoms with Gasteiger partial charge in [-0.2, -0.15) is 5.26 Å². The first kappa shape index (κ1) is 15.5. The fourth-order valence-corrected chi connectivity index (χ4v) is 2.64. The minimum absolute atomic E-state index is 0.0274. The van der Waals surface area contributed by atoms with E-state index in [1.807, 2.05) is 24.4 Å². The molecule has 0 aliphatic heterocycles. The number of rotatable bonds is 4. The number of nitrogens with zero attached hydrogens (tertiary/aromatic N) is 1. The maximum Gasteiger partial charge on any atom is 0.337 e. The average Bonchev–Trinajstić information content (AvgIpc) is 2.90. The third-order valence-corrected chi connectivity index (χ3v) is 3.91. The largest absolute Gasteiger partial charge is 0.478 e. The summed E-state index contributed by atoms with van der Waals surface area (Å²) < 4.78 is 0. The molecule has 22 heavy (non-hydrogen) atoms. The van der Waals surface area contributed by atoms with Crippen LogP contribution < -0.4 is 5.32 Å². The molecule has 0 bridgehead atoms. The predicted molar refractivity (Wildman–Crippen MR) is 84.7 cm³/mol. The second kappa shape index (κ2) is 6.70. The van der Waals surface area contributed by atoms with E-state index in [-0.39, 0.29) is 16.8 Å². The number of aryl methyl sites for hydroxylation is 1. The van der Waals surface area contributed by atoms with Crippen LogP contribution in [0.15, 0.2) is 41.3 Å². The number of nitrogens with one attached hydrogen (secondary N) is 1. The zero-order valence-electron chi connectivity index (χ0n) is 11.7. The van der Waals surface area contributed by atoms with Gasteiger partial charge < -0.3 is 10.4 Å². The van der Waals surface area contributed by atoms with Crippen molar-refractivity contribution in [1.29, 1.82) is 5.26 Å². The molecular formula is C16H12N2O3S. The van der Waals surface area contributed by atoms with Crippen LogP contribution >= 0.6 is 11.3 Å². The Bertz CT molecular complexity index is 800. The lowest BCUT2D eigenvalue weighted by atomic mass is 10.1. The smallest absolute Gasteiger partial charge is 0.337 e. The number of carboxylic acid groups (broad SMARTS) is 1. The summed E-state index contributed by atoms with van der Waals surface area (Å²) in [7, 11) is 0. The van der Waals surface area contributed by atoms with Crippen molar-refractivity contribution >= 4 is 35.0 Å². The van der Waals surface area contributed by atoms with Crippen LogP contribution in [0.25, 0.3) is 6.08 Å². The van der Waals surface area contributed by atoms with E-state index in [1.54, 1.807) is 12.1 Å². The number of carbonyl (C=O) groups is 2. The van der Waals surface area contributed by atoms with Crippen molar-refractivity contribution in [2.45, 2.75) is 6.92 Å². The van der Waals surface area contributed by atoms with Crippen LogP contribution in [-0.2, 0) is 4.79 Å². The molecular weight excluding hydrogens is 300 g/mol. The number of nitriles is 1. The number of carbonyl (C=O) groups excluding carboxylic acids is 1. The summed E-state index contributed by atoms with van der Waals surface area (Å²) >= 11 is 1.42. The number of carboxylic acids is 1. The third kappa shape index (κ3) is 3.40. The molecule has 2 N–H and O–H groups in total. The van der Waals surface area contributed by atoms with E-state index in [9.17, 15) is 9.59 Å². The maximum absolute atomic E-state index is 12.2. The molecule has 2 aromatic rings. The first-order valence-electron chi connectivity index (χ1n) is 6.32. The first-order valence-corrected chi connectivity index (χ1v) is 7.20. The molecule has 1 amide bonds. The summed E-state index contributed by atoms with van der Waals surface area (Å²) in [5.41, 5.74) is 1.02. The summed E-state index contributed by atoms with van der Waals surface area (Å²) in [6, 6.07) is 9.78. The molecule has 6 heteroatoms. The number of hydrogen-bond acceptors (Lipinski definition) is 4. The lowest BCUT2D eigenvalue weighted by molar-refractivity contribution is -0.112. The number of hydrogen-bond donors (Lipinski definition) is 2. The Morgan fingerprint density at radius 1 is 1.32 bits per heavy atom. The Kier molecular flexibility index (Phi) is 4.71. The Morgan fingerprint density at radius 3 is 2.64 bits per heavy atom. The number of amides is 1. The van der Waals surface area contributed by atoms with Gasteiger partial charge in [-0.15, -0.1) is 11.3 Å². The molecule has 0 spiro atoms. The average molecular weight is 312 g/mol. The van der Waals surface area contributed by atoms with E-state index in [0.29, 0.717) is 0 Å². The van der Waals surface area contributed by atoms with Gasteiger partial charge in [0.15, 0.2) is 0 Å². The van der Waals surface area contributed by atoms with Crippen LogP contribution in [0.5, 0.6) is 0 Å². The third-order valence-electron chi connectivity index (χ3n) is 2.95. The van der Waals surface area contributed by atoms with Gasteiger partial charge in [0.1, 0.15) is 11.6 Å². The Labute approximate surface area is 131 Å². The van der Waals surface area contributed by atoms with E-state index in [0.717, 1.165) is 10.4 Å². The summed E-state index contributed by atoms with van der Waals surface area (Å²) in [6.07, 6.45) is 1.50. The monoisotopic (exact) mass is 312 g/mol. The van der Waals surface area contributed by atoms with Gasteiger partial charge >= 0.3 is 5.97 Å². The topological polar surface area (TPSA) is 90.2 Å². The van der Waals surface area contributed by atoms with Gasteiger partial charge in [-0.25, -0.2) is 4.79 Å². The fraction of sp³-hybridized carbons (Fsp3) is 0.0625. The van der Waals surface area contributed by atoms with Crippen molar-refractivity contribution in [1.82, 2.24) is 0 Å². The number of para-hydroxylation sites is 1. The second-order valence-electron chi connectivity index (χ2n) is 4.44. The van der Waals surface area contributed by atoms with Gasteiger partial charge in [0.25, 0.3) is 5.91 Å². The molecule has 1 aromatic carbocycles. The van der Waals surface area contributed by atoms with Crippen molar-refractivity contribution in [2.75, 3.05) is 5.32 Å². The summed E-state index contributed by atoms with van der Waals surface area (Å²) in [6.45, 7) is 1.88. The van der Waals surface area contributed by atoms with Crippen molar-refractivity contribution in [3.05, 3.63) is 57.3 Å². The van der Waals surface area contributed by atoms with Gasteiger partial charge in [-0.05, 0) is 42.1 Å². The summed E-state index contributed by atoms with van der Waals surface area (Å²) in [5, 5.41) is 22.6. The molecule has 0 atom stereocenters. The molecule has 1 aromatic heterocycles. The van der Waals surface area contributed by atoms with E-state index in [1.165, 1.54) is 29.5 Å². The van der Waals surface area contributed by atoms with Crippen LogP contribution in [0.4, 0.5) is 5.69 Å². The molecule has 0 aliphatic carbocycles. The molecule has 0 radical (unpaired) electrons.